The second kappa shape index (κ2) is 8.48. The highest BCUT2D eigenvalue weighted by molar-refractivity contribution is 5.86. The summed E-state index contributed by atoms with van der Waals surface area (Å²) in [5.41, 5.74) is 5.53. The van der Waals surface area contributed by atoms with E-state index >= 15 is 0 Å². The predicted molar refractivity (Wildman–Crippen MR) is 73.4 cm³/mol. The summed E-state index contributed by atoms with van der Waals surface area (Å²) in [5, 5.41) is 2.94. The molecule has 1 rings (SSSR count). The molecular formula is C14H28N2O2. The average molecular weight is 256 g/mol. The van der Waals surface area contributed by atoms with Crippen molar-refractivity contribution in [2.24, 2.45) is 5.73 Å². The molecule has 0 spiro atoms. The molecule has 0 heterocycles. The minimum atomic E-state index is -0.610. The van der Waals surface area contributed by atoms with Gasteiger partial charge in [-0.25, -0.2) is 0 Å². The predicted octanol–water partition coefficient (Wildman–Crippen LogP) is 1.97. The molecule has 0 aromatic carbocycles. The quantitative estimate of drug-likeness (QED) is 0.653. The zero-order chi connectivity index (χ0) is 13.3. The van der Waals surface area contributed by atoms with Gasteiger partial charge in [0.1, 0.15) is 0 Å². The van der Waals surface area contributed by atoms with Gasteiger partial charge >= 0.3 is 0 Å². The van der Waals surface area contributed by atoms with Crippen molar-refractivity contribution in [2.75, 3.05) is 19.8 Å². The third-order valence-electron chi connectivity index (χ3n) is 3.59. The van der Waals surface area contributed by atoms with Crippen molar-refractivity contribution in [3.63, 3.8) is 0 Å². The lowest BCUT2D eigenvalue weighted by Gasteiger charge is -2.31. The van der Waals surface area contributed by atoms with Gasteiger partial charge in [-0.15, -0.1) is 0 Å². The molecule has 0 atom stereocenters. The number of carbonyl (C=O) groups excluding carboxylic acids is 1. The Morgan fingerprint density at radius 1 is 1.22 bits per heavy atom. The minimum Gasteiger partial charge on any atom is -0.381 e. The maximum atomic E-state index is 12.0. The fourth-order valence-electron chi connectivity index (χ4n) is 2.31. The van der Waals surface area contributed by atoms with Gasteiger partial charge in [-0.1, -0.05) is 32.6 Å². The summed E-state index contributed by atoms with van der Waals surface area (Å²) in [6, 6.07) is 0. The molecule has 0 aliphatic heterocycles. The topological polar surface area (TPSA) is 64.3 Å². The zero-order valence-corrected chi connectivity index (χ0v) is 11.7. The molecule has 4 nitrogen and oxygen atoms in total. The lowest BCUT2D eigenvalue weighted by molar-refractivity contribution is -0.127. The Hall–Kier alpha value is -0.610. The number of rotatable bonds is 8. The summed E-state index contributed by atoms with van der Waals surface area (Å²) in [5.74, 6) is 0.0239. The van der Waals surface area contributed by atoms with Crippen molar-refractivity contribution in [3.05, 3.63) is 0 Å². The number of ether oxygens (including phenoxy) is 1. The summed E-state index contributed by atoms with van der Waals surface area (Å²) >= 11 is 0. The van der Waals surface area contributed by atoms with E-state index in [9.17, 15) is 4.79 Å². The molecule has 3 N–H and O–H groups in total. The Morgan fingerprint density at radius 2 is 1.89 bits per heavy atom. The molecule has 0 saturated heterocycles. The van der Waals surface area contributed by atoms with E-state index in [0.717, 1.165) is 58.2 Å². The highest BCUT2D eigenvalue weighted by Crippen LogP contribution is 2.25. The molecule has 1 aliphatic carbocycles. The van der Waals surface area contributed by atoms with Crippen molar-refractivity contribution in [3.8, 4) is 0 Å². The van der Waals surface area contributed by atoms with Crippen LogP contribution in [-0.4, -0.2) is 31.2 Å². The van der Waals surface area contributed by atoms with Crippen LogP contribution in [-0.2, 0) is 9.53 Å². The Morgan fingerprint density at radius 3 is 2.56 bits per heavy atom. The molecule has 0 bridgehead atoms. The number of amides is 1. The lowest BCUT2D eigenvalue weighted by atomic mass is 9.82. The molecule has 18 heavy (non-hydrogen) atoms. The standard InChI is InChI=1S/C14H28N2O2/c1-2-3-11-18-12-7-10-16-13(17)14(15)8-5-4-6-9-14/h2-12,15H2,1H3,(H,16,17). The van der Waals surface area contributed by atoms with Crippen LogP contribution in [0.15, 0.2) is 0 Å². The van der Waals surface area contributed by atoms with Crippen molar-refractivity contribution in [2.45, 2.75) is 63.8 Å². The number of carbonyl (C=O) groups is 1. The second-order valence-electron chi connectivity index (χ2n) is 5.29. The van der Waals surface area contributed by atoms with Gasteiger partial charge in [0.2, 0.25) is 5.91 Å². The van der Waals surface area contributed by atoms with E-state index in [4.69, 9.17) is 10.5 Å². The Bertz CT molecular complexity index is 238. The van der Waals surface area contributed by atoms with Crippen molar-refractivity contribution in [1.82, 2.24) is 5.32 Å². The molecule has 0 aromatic rings. The van der Waals surface area contributed by atoms with Gasteiger partial charge < -0.3 is 15.8 Å². The number of nitrogens with two attached hydrogens (primary N) is 1. The van der Waals surface area contributed by atoms with Gasteiger partial charge in [-0.3, -0.25) is 4.79 Å². The maximum Gasteiger partial charge on any atom is 0.240 e. The number of unbranched alkanes of at least 4 members (excludes halogenated alkanes) is 1. The Balaban J connectivity index is 2.05. The molecular weight excluding hydrogens is 228 g/mol. The normalized spacial score (nSPS) is 18.6. The molecule has 106 valence electrons. The molecule has 0 aromatic heterocycles. The third-order valence-corrected chi connectivity index (χ3v) is 3.59. The van der Waals surface area contributed by atoms with E-state index in [2.05, 4.69) is 12.2 Å². The van der Waals surface area contributed by atoms with Crippen LogP contribution in [0, 0.1) is 0 Å². The number of nitrogens with one attached hydrogen (secondary N) is 1. The Kier molecular flexibility index (Phi) is 7.28. The highest BCUT2D eigenvalue weighted by atomic mass is 16.5. The lowest BCUT2D eigenvalue weighted by Crippen LogP contribution is -2.55. The average Bonchev–Trinajstić information content (AvgIpc) is 2.38. The molecule has 1 amide bonds. The van der Waals surface area contributed by atoms with Gasteiger partial charge in [0.25, 0.3) is 0 Å². The van der Waals surface area contributed by atoms with Crippen LogP contribution in [0.1, 0.15) is 58.3 Å². The van der Waals surface area contributed by atoms with Crippen LogP contribution in [0.3, 0.4) is 0 Å². The smallest absolute Gasteiger partial charge is 0.240 e. The summed E-state index contributed by atoms with van der Waals surface area (Å²) in [4.78, 5) is 12.0. The van der Waals surface area contributed by atoms with Crippen LogP contribution in [0.4, 0.5) is 0 Å². The molecule has 1 aliphatic rings. The number of hydrogen-bond donors (Lipinski definition) is 2. The van der Waals surface area contributed by atoms with E-state index in [1.54, 1.807) is 0 Å². The molecule has 4 heteroatoms. The van der Waals surface area contributed by atoms with Crippen LogP contribution in [0.5, 0.6) is 0 Å². The van der Waals surface area contributed by atoms with E-state index in [1.807, 2.05) is 0 Å². The van der Waals surface area contributed by atoms with E-state index in [1.165, 1.54) is 6.42 Å². The largest absolute Gasteiger partial charge is 0.381 e. The van der Waals surface area contributed by atoms with Crippen LogP contribution in [0.25, 0.3) is 0 Å². The van der Waals surface area contributed by atoms with Crippen LogP contribution >= 0.6 is 0 Å². The zero-order valence-electron chi connectivity index (χ0n) is 11.7. The summed E-state index contributed by atoms with van der Waals surface area (Å²) < 4.78 is 5.44. The first kappa shape index (κ1) is 15.4. The van der Waals surface area contributed by atoms with Crippen LogP contribution < -0.4 is 11.1 Å². The monoisotopic (exact) mass is 256 g/mol. The van der Waals surface area contributed by atoms with Gasteiger partial charge in [0.15, 0.2) is 0 Å². The number of hydrogen-bond acceptors (Lipinski definition) is 3. The van der Waals surface area contributed by atoms with Gasteiger partial charge in [-0.2, -0.15) is 0 Å². The van der Waals surface area contributed by atoms with Gasteiger partial charge in [-0.05, 0) is 25.7 Å². The fraction of sp³-hybridized carbons (Fsp3) is 0.929. The first-order chi connectivity index (χ1) is 8.69. The Labute approximate surface area is 111 Å². The van der Waals surface area contributed by atoms with E-state index < -0.39 is 5.54 Å². The maximum absolute atomic E-state index is 12.0. The summed E-state index contributed by atoms with van der Waals surface area (Å²) in [6.07, 6.45) is 8.14. The minimum absolute atomic E-state index is 0.0239. The molecule has 1 saturated carbocycles. The first-order valence-electron chi connectivity index (χ1n) is 7.34. The summed E-state index contributed by atoms with van der Waals surface area (Å²) in [7, 11) is 0. The van der Waals surface area contributed by atoms with E-state index in [-0.39, 0.29) is 5.91 Å². The molecule has 0 radical (unpaired) electrons. The van der Waals surface area contributed by atoms with Gasteiger partial charge in [0.05, 0.1) is 5.54 Å². The van der Waals surface area contributed by atoms with Gasteiger partial charge in [0, 0.05) is 19.8 Å². The summed E-state index contributed by atoms with van der Waals surface area (Å²) in [6.45, 7) is 4.36. The second-order valence-corrected chi connectivity index (χ2v) is 5.29. The van der Waals surface area contributed by atoms with Crippen molar-refractivity contribution >= 4 is 5.91 Å². The molecule has 1 fully saturated rings. The highest BCUT2D eigenvalue weighted by Gasteiger charge is 2.34. The van der Waals surface area contributed by atoms with E-state index in [0.29, 0.717) is 6.54 Å². The third kappa shape index (κ3) is 5.36. The molecule has 0 unspecified atom stereocenters. The van der Waals surface area contributed by atoms with Crippen molar-refractivity contribution in [1.29, 1.82) is 0 Å². The SMILES string of the molecule is CCCCOCCCNC(=O)C1(N)CCCCC1. The first-order valence-corrected chi connectivity index (χ1v) is 7.34. The van der Waals surface area contributed by atoms with Crippen molar-refractivity contribution < 1.29 is 9.53 Å². The van der Waals surface area contributed by atoms with Crippen LogP contribution in [0.2, 0.25) is 0 Å². The fourth-order valence-corrected chi connectivity index (χ4v) is 2.31.